The van der Waals surface area contributed by atoms with Crippen LogP contribution in [-0.2, 0) is 11.3 Å². The van der Waals surface area contributed by atoms with Gasteiger partial charge in [-0.05, 0) is 31.2 Å². The predicted molar refractivity (Wildman–Crippen MR) is 70.4 cm³/mol. The standard InChI is InChI=1S/C14H16FN3O2/c1-10-9-19-7-6-18(10)8-13-16-14(17-20-13)11-2-4-12(15)5-3-11/h2-5,10H,6-9H2,1H3/t10-/m1/s1. The summed E-state index contributed by atoms with van der Waals surface area (Å²) < 4.78 is 23.5. The number of ether oxygens (including phenoxy) is 1. The third-order valence-corrected chi connectivity index (χ3v) is 3.41. The molecule has 5 nitrogen and oxygen atoms in total. The molecule has 1 fully saturated rings. The second-order valence-electron chi connectivity index (χ2n) is 4.91. The summed E-state index contributed by atoms with van der Waals surface area (Å²) in [6.07, 6.45) is 0. The van der Waals surface area contributed by atoms with Crippen LogP contribution in [0.3, 0.4) is 0 Å². The van der Waals surface area contributed by atoms with Gasteiger partial charge in [0.2, 0.25) is 11.7 Å². The Balaban J connectivity index is 1.71. The lowest BCUT2D eigenvalue weighted by molar-refractivity contribution is -0.00852. The third-order valence-electron chi connectivity index (χ3n) is 3.41. The van der Waals surface area contributed by atoms with Gasteiger partial charge >= 0.3 is 0 Å². The van der Waals surface area contributed by atoms with E-state index in [0.29, 0.717) is 24.3 Å². The molecule has 1 saturated heterocycles. The van der Waals surface area contributed by atoms with Crippen LogP contribution in [0.5, 0.6) is 0 Å². The van der Waals surface area contributed by atoms with Crippen molar-refractivity contribution >= 4 is 0 Å². The Morgan fingerprint density at radius 3 is 2.90 bits per heavy atom. The average molecular weight is 277 g/mol. The van der Waals surface area contributed by atoms with E-state index in [1.165, 1.54) is 12.1 Å². The fraction of sp³-hybridized carbons (Fsp3) is 0.429. The lowest BCUT2D eigenvalue weighted by atomic mass is 10.2. The molecule has 0 amide bonds. The van der Waals surface area contributed by atoms with Crippen molar-refractivity contribution in [1.82, 2.24) is 15.0 Å². The van der Waals surface area contributed by atoms with E-state index in [-0.39, 0.29) is 5.82 Å². The Labute approximate surface area is 116 Å². The van der Waals surface area contributed by atoms with Gasteiger partial charge in [-0.2, -0.15) is 4.98 Å². The van der Waals surface area contributed by atoms with E-state index in [0.717, 1.165) is 25.3 Å². The minimum Gasteiger partial charge on any atom is -0.379 e. The number of morpholine rings is 1. The zero-order chi connectivity index (χ0) is 13.9. The molecule has 1 aromatic carbocycles. The summed E-state index contributed by atoms with van der Waals surface area (Å²) in [7, 11) is 0. The van der Waals surface area contributed by atoms with Crippen molar-refractivity contribution in [3.05, 3.63) is 36.0 Å². The number of rotatable bonds is 3. The van der Waals surface area contributed by atoms with Gasteiger partial charge in [0.25, 0.3) is 0 Å². The zero-order valence-corrected chi connectivity index (χ0v) is 11.3. The number of nitrogens with zero attached hydrogens (tertiary/aromatic N) is 3. The Bertz CT molecular complexity index is 570. The highest BCUT2D eigenvalue weighted by molar-refractivity contribution is 5.53. The quantitative estimate of drug-likeness (QED) is 0.860. The first-order valence-electron chi connectivity index (χ1n) is 6.63. The molecule has 20 heavy (non-hydrogen) atoms. The fourth-order valence-corrected chi connectivity index (χ4v) is 2.21. The van der Waals surface area contributed by atoms with E-state index in [1.807, 2.05) is 0 Å². The minimum atomic E-state index is -0.278. The van der Waals surface area contributed by atoms with Crippen LogP contribution in [0.2, 0.25) is 0 Å². The minimum absolute atomic E-state index is 0.278. The van der Waals surface area contributed by atoms with E-state index >= 15 is 0 Å². The van der Waals surface area contributed by atoms with E-state index in [9.17, 15) is 4.39 Å². The Hall–Kier alpha value is -1.79. The molecule has 0 radical (unpaired) electrons. The summed E-state index contributed by atoms with van der Waals surface area (Å²) >= 11 is 0. The summed E-state index contributed by atoms with van der Waals surface area (Å²) in [6.45, 7) is 5.02. The van der Waals surface area contributed by atoms with E-state index in [2.05, 4.69) is 22.0 Å². The second-order valence-corrected chi connectivity index (χ2v) is 4.91. The molecular formula is C14H16FN3O2. The van der Waals surface area contributed by atoms with Crippen LogP contribution in [0.15, 0.2) is 28.8 Å². The third kappa shape index (κ3) is 2.86. The van der Waals surface area contributed by atoms with Crippen molar-refractivity contribution in [2.75, 3.05) is 19.8 Å². The fourth-order valence-electron chi connectivity index (χ4n) is 2.21. The molecule has 0 saturated carbocycles. The molecule has 2 heterocycles. The van der Waals surface area contributed by atoms with Gasteiger partial charge in [0.15, 0.2) is 0 Å². The molecule has 1 aromatic heterocycles. The molecule has 3 rings (SSSR count). The summed E-state index contributed by atoms with van der Waals surface area (Å²) in [6, 6.07) is 6.39. The van der Waals surface area contributed by atoms with Crippen LogP contribution >= 0.6 is 0 Å². The van der Waals surface area contributed by atoms with Gasteiger partial charge in [0.05, 0.1) is 19.8 Å². The molecule has 106 valence electrons. The van der Waals surface area contributed by atoms with Gasteiger partial charge in [-0.1, -0.05) is 5.16 Å². The van der Waals surface area contributed by atoms with Gasteiger partial charge in [0.1, 0.15) is 5.82 Å². The maximum absolute atomic E-state index is 12.9. The van der Waals surface area contributed by atoms with Gasteiger partial charge in [-0.15, -0.1) is 0 Å². The lowest BCUT2D eigenvalue weighted by Crippen LogP contribution is -2.42. The lowest BCUT2D eigenvalue weighted by Gasteiger charge is -2.31. The number of hydrogen-bond acceptors (Lipinski definition) is 5. The van der Waals surface area contributed by atoms with Gasteiger partial charge in [0, 0.05) is 18.2 Å². The van der Waals surface area contributed by atoms with Crippen molar-refractivity contribution in [2.45, 2.75) is 19.5 Å². The Morgan fingerprint density at radius 1 is 1.35 bits per heavy atom. The molecule has 6 heteroatoms. The normalized spacial score (nSPS) is 20.2. The molecule has 1 atom stereocenters. The second kappa shape index (κ2) is 5.68. The highest BCUT2D eigenvalue weighted by Gasteiger charge is 2.21. The van der Waals surface area contributed by atoms with Crippen molar-refractivity contribution in [3.63, 3.8) is 0 Å². The van der Waals surface area contributed by atoms with Gasteiger partial charge in [-0.3, -0.25) is 4.90 Å². The topological polar surface area (TPSA) is 51.4 Å². The molecule has 0 spiro atoms. The highest BCUT2D eigenvalue weighted by atomic mass is 19.1. The molecule has 1 aliphatic heterocycles. The number of aromatic nitrogens is 2. The van der Waals surface area contributed by atoms with Crippen molar-refractivity contribution in [3.8, 4) is 11.4 Å². The molecule has 1 aliphatic rings. The van der Waals surface area contributed by atoms with Crippen LogP contribution in [0, 0.1) is 5.82 Å². The largest absolute Gasteiger partial charge is 0.379 e. The van der Waals surface area contributed by atoms with Crippen molar-refractivity contribution in [2.24, 2.45) is 0 Å². The summed E-state index contributed by atoms with van der Waals surface area (Å²) in [4.78, 5) is 6.60. The van der Waals surface area contributed by atoms with E-state index in [1.54, 1.807) is 12.1 Å². The van der Waals surface area contributed by atoms with Crippen molar-refractivity contribution < 1.29 is 13.7 Å². The Kier molecular flexibility index (Phi) is 3.75. The van der Waals surface area contributed by atoms with Crippen molar-refractivity contribution in [1.29, 1.82) is 0 Å². The monoisotopic (exact) mass is 277 g/mol. The van der Waals surface area contributed by atoms with Crippen LogP contribution in [0.4, 0.5) is 4.39 Å². The number of halogens is 1. The smallest absolute Gasteiger partial charge is 0.241 e. The van der Waals surface area contributed by atoms with E-state index < -0.39 is 0 Å². The Morgan fingerprint density at radius 2 is 2.15 bits per heavy atom. The molecule has 2 aromatic rings. The highest BCUT2D eigenvalue weighted by Crippen LogP contribution is 2.17. The number of benzene rings is 1. The van der Waals surface area contributed by atoms with E-state index in [4.69, 9.17) is 9.26 Å². The molecule has 0 N–H and O–H groups in total. The molecule has 0 unspecified atom stereocenters. The summed E-state index contributed by atoms with van der Waals surface area (Å²) in [5.41, 5.74) is 0.747. The van der Waals surface area contributed by atoms with Gasteiger partial charge < -0.3 is 9.26 Å². The average Bonchev–Trinajstić information content (AvgIpc) is 2.91. The van der Waals surface area contributed by atoms with Gasteiger partial charge in [-0.25, -0.2) is 4.39 Å². The zero-order valence-electron chi connectivity index (χ0n) is 11.3. The molecule has 0 bridgehead atoms. The maximum Gasteiger partial charge on any atom is 0.241 e. The first-order chi connectivity index (χ1) is 9.72. The SMILES string of the molecule is C[C@@H]1COCCN1Cc1nc(-c2ccc(F)cc2)no1. The first-order valence-corrected chi connectivity index (χ1v) is 6.63. The number of hydrogen-bond donors (Lipinski definition) is 0. The maximum atomic E-state index is 12.9. The molecular weight excluding hydrogens is 261 g/mol. The summed E-state index contributed by atoms with van der Waals surface area (Å²) in [5, 5.41) is 3.94. The molecule has 0 aliphatic carbocycles. The van der Waals surface area contributed by atoms with Crippen LogP contribution in [0.25, 0.3) is 11.4 Å². The predicted octanol–water partition coefficient (Wildman–Crippen LogP) is 2.10. The summed E-state index contributed by atoms with van der Waals surface area (Å²) in [5.74, 6) is 0.776. The van der Waals surface area contributed by atoms with Crippen LogP contribution < -0.4 is 0 Å². The first kappa shape index (κ1) is 13.2. The van der Waals surface area contributed by atoms with Crippen LogP contribution in [-0.4, -0.2) is 40.8 Å². The van der Waals surface area contributed by atoms with Crippen LogP contribution in [0.1, 0.15) is 12.8 Å².